The first kappa shape index (κ1) is 21.6. The molecule has 0 amide bonds. The number of nitrogens with one attached hydrogen (secondary N) is 1. The van der Waals surface area contributed by atoms with Crippen LogP contribution in [0.3, 0.4) is 0 Å². The second-order valence-electron chi connectivity index (χ2n) is 9.12. The van der Waals surface area contributed by atoms with Crippen LogP contribution in [0, 0.1) is 23.7 Å². The molecule has 0 unspecified atom stereocenters. The maximum Gasteiger partial charge on any atom is 0.198 e. The number of benzene rings is 2. The minimum Gasteiger partial charge on any atom is -0.507 e. The zero-order valence-corrected chi connectivity index (χ0v) is 19.0. The number of fused-ring (bicyclic) bond motifs is 4. The van der Waals surface area contributed by atoms with Crippen molar-refractivity contribution in [3.05, 3.63) is 69.8 Å². The molecule has 0 spiro atoms. The Labute approximate surface area is 201 Å². The van der Waals surface area contributed by atoms with Crippen LogP contribution in [0.5, 0.6) is 5.75 Å². The number of aryl methyl sites for hydroxylation is 1. The summed E-state index contributed by atoms with van der Waals surface area (Å²) >= 11 is 0. The van der Waals surface area contributed by atoms with Crippen molar-refractivity contribution in [3.63, 3.8) is 0 Å². The molecular weight excluding hydrogens is 446 g/mol. The Morgan fingerprint density at radius 2 is 1.86 bits per heavy atom. The van der Waals surface area contributed by atoms with Crippen molar-refractivity contribution in [2.75, 3.05) is 5.32 Å². The highest BCUT2D eigenvalue weighted by atomic mass is 16.7. The maximum atomic E-state index is 13.8. The number of aliphatic hydroxyl groups excluding tert-OH is 2. The van der Waals surface area contributed by atoms with Gasteiger partial charge in [-0.05, 0) is 37.1 Å². The third-order valence-electron chi connectivity index (χ3n) is 7.45. The van der Waals surface area contributed by atoms with E-state index in [1.54, 1.807) is 18.2 Å². The number of allylic oxidation sites excluding steroid dienone is 2. The molecule has 4 aliphatic rings. The van der Waals surface area contributed by atoms with Crippen molar-refractivity contribution in [1.82, 2.24) is 0 Å². The number of anilines is 1. The predicted molar refractivity (Wildman–Crippen MR) is 126 cm³/mol. The van der Waals surface area contributed by atoms with Gasteiger partial charge in [0.2, 0.25) is 0 Å². The second-order valence-corrected chi connectivity index (χ2v) is 9.12. The number of aliphatic hydroxyl groups is 2. The van der Waals surface area contributed by atoms with Gasteiger partial charge in [0.1, 0.15) is 11.8 Å². The topological polar surface area (TPSA) is 119 Å². The molecule has 174 valence electrons. The molecule has 2 aromatic rings. The van der Waals surface area contributed by atoms with Crippen molar-refractivity contribution in [3.8, 4) is 29.4 Å². The number of epoxide rings is 1. The van der Waals surface area contributed by atoms with E-state index in [1.165, 1.54) is 25.1 Å². The average molecular weight is 467 g/mol. The first-order valence-corrected chi connectivity index (χ1v) is 11.4. The largest absolute Gasteiger partial charge is 0.507 e. The molecule has 7 heteroatoms. The minimum absolute atomic E-state index is 0.000573. The summed E-state index contributed by atoms with van der Waals surface area (Å²) in [5.41, 5.74) is -1.32. The molecule has 0 aromatic heterocycles. The maximum absolute atomic E-state index is 13.8. The zero-order valence-electron chi connectivity index (χ0n) is 19.0. The highest BCUT2D eigenvalue weighted by Crippen LogP contribution is 2.67. The molecular formula is C28H21NO6. The van der Waals surface area contributed by atoms with Crippen molar-refractivity contribution in [1.29, 1.82) is 0 Å². The van der Waals surface area contributed by atoms with Crippen LogP contribution in [0.15, 0.2) is 36.4 Å². The lowest BCUT2D eigenvalue weighted by molar-refractivity contribution is 0.0867. The summed E-state index contributed by atoms with van der Waals surface area (Å²) in [6, 6.07) is 5.60. The highest BCUT2D eigenvalue weighted by molar-refractivity contribution is 6.31. The molecule has 2 bridgehead atoms. The lowest BCUT2D eigenvalue weighted by atomic mass is 9.69. The summed E-state index contributed by atoms with van der Waals surface area (Å²) in [7, 11) is 0. The van der Waals surface area contributed by atoms with Gasteiger partial charge in [-0.25, -0.2) is 0 Å². The van der Waals surface area contributed by atoms with E-state index in [1.807, 2.05) is 6.92 Å². The number of hydrogen-bond donors (Lipinski definition) is 4. The fourth-order valence-corrected chi connectivity index (χ4v) is 5.85. The van der Waals surface area contributed by atoms with Crippen LogP contribution in [0.2, 0.25) is 0 Å². The van der Waals surface area contributed by atoms with Crippen molar-refractivity contribution in [2.45, 2.75) is 49.7 Å². The minimum atomic E-state index is -1.57. The van der Waals surface area contributed by atoms with Gasteiger partial charge in [-0.2, -0.15) is 0 Å². The smallest absolute Gasteiger partial charge is 0.198 e. The van der Waals surface area contributed by atoms with E-state index in [9.17, 15) is 24.9 Å². The number of carbonyl (C=O) groups excluding carboxylic acids is 2. The SMILES string of the molecule is CCc1cccc2c1C(=O)c1c(O)cc3c(c1C2=O)N[C@H]1C#C/C=C\C#C[C@@H](O)[C@@]32O[C@@]12[C@@H](C)O. The lowest BCUT2D eigenvalue weighted by Gasteiger charge is -2.37. The third-order valence-corrected chi connectivity index (χ3v) is 7.45. The van der Waals surface area contributed by atoms with Crippen LogP contribution < -0.4 is 5.32 Å². The molecule has 1 fully saturated rings. The van der Waals surface area contributed by atoms with Crippen LogP contribution in [0.1, 0.15) is 56.8 Å². The van der Waals surface area contributed by atoms with Gasteiger partial charge in [-0.3, -0.25) is 9.59 Å². The molecule has 2 aromatic carbocycles. The monoisotopic (exact) mass is 467 g/mol. The summed E-state index contributed by atoms with van der Waals surface area (Å²) in [6.45, 7) is 3.42. The normalized spacial score (nSPS) is 30.5. The average Bonchev–Trinajstić information content (AvgIpc) is 3.57. The number of carbonyl (C=O) groups is 2. The van der Waals surface area contributed by atoms with E-state index in [2.05, 4.69) is 29.0 Å². The van der Waals surface area contributed by atoms with Crippen molar-refractivity contribution in [2.24, 2.45) is 0 Å². The number of ketones is 2. The van der Waals surface area contributed by atoms with Gasteiger partial charge < -0.3 is 25.4 Å². The molecule has 0 radical (unpaired) electrons. The van der Waals surface area contributed by atoms with E-state index < -0.39 is 46.8 Å². The van der Waals surface area contributed by atoms with Crippen LogP contribution in [-0.2, 0) is 16.8 Å². The van der Waals surface area contributed by atoms with Gasteiger partial charge in [0.05, 0.1) is 22.9 Å². The Morgan fingerprint density at radius 1 is 1.11 bits per heavy atom. The number of rotatable bonds is 2. The van der Waals surface area contributed by atoms with Crippen LogP contribution >= 0.6 is 0 Å². The molecule has 35 heavy (non-hydrogen) atoms. The lowest BCUT2D eigenvalue weighted by Crippen LogP contribution is -2.54. The van der Waals surface area contributed by atoms with Gasteiger partial charge in [0, 0.05) is 16.7 Å². The first-order chi connectivity index (χ1) is 16.8. The van der Waals surface area contributed by atoms with E-state index in [0.29, 0.717) is 6.42 Å². The van der Waals surface area contributed by atoms with Crippen molar-refractivity contribution < 1.29 is 29.6 Å². The van der Waals surface area contributed by atoms with Crippen LogP contribution in [0.4, 0.5) is 5.69 Å². The molecule has 1 saturated heterocycles. The van der Waals surface area contributed by atoms with E-state index in [0.717, 1.165) is 5.56 Å². The number of ether oxygens (including phenoxy) is 1. The molecule has 7 nitrogen and oxygen atoms in total. The molecule has 4 N–H and O–H groups in total. The van der Waals surface area contributed by atoms with Gasteiger partial charge in [-0.15, -0.1) is 0 Å². The van der Waals surface area contributed by atoms with E-state index in [-0.39, 0.29) is 33.5 Å². The Kier molecular flexibility index (Phi) is 4.37. The summed E-state index contributed by atoms with van der Waals surface area (Å²) in [4.78, 5) is 27.4. The molecule has 5 atom stereocenters. The molecule has 2 heterocycles. The Hall–Kier alpha value is -3.88. The Bertz CT molecular complexity index is 1510. The highest BCUT2D eigenvalue weighted by Gasteiger charge is 2.82. The predicted octanol–water partition coefficient (Wildman–Crippen LogP) is 1.81. The quantitative estimate of drug-likeness (QED) is 0.258. The number of aromatic hydroxyl groups is 1. The van der Waals surface area contributed by atoms with Crippen molar-refractivity contribution >= 4 is 17.3 Å². The van der Waals surface area contributed by atoms with Gasteiger partial charge in [-0.1, -0.05) is 48.8 Å². The molecule has 2 aliphatic heterocycles. The third kappa shape index (κ3) is 2.47. The van der Waals surface area contributed by atoms with Crippen LogP contribution in [-0.4, -0.2) is 50.7 Å². The number of hydrogen-bond acceptors (Lipinski definition) is 7. The summed E-state index contributed by atoms with van der Waals surface area (Å²) in [6.07, 6.45) is 1.06. The molecule has 6 rings (SSSR count). The van der Waals surface area contributed by atoms with Gasteiger partial charge >= 0.3 is 0 Å². The number of phenolic OH excluding ortho intramolecular Hbond substituents is 1. The Balaban J connectivity index is 1.68. The summed E-state index contributed by atoms with van der Waals surface area (Å²) < 4.78 is 6.16. The van der Waals surface area contributed by atoms with Gasteiger partial charge in [0.25, 0.3) is 0 Å². The standard InChI is InChI=1S/C28H21NO6/c1-3-15-9-8-10-16-21(15)26(34)22-18(31)13-17-24(23(22)25(16)33)29-19-11-6-4-5-7-12-20(32)28(17)27(19,35-28)14(2)30/h4-5,8-10,13-14,19-20,29-32H,3H2,1-2H3/b5-4-/t14-,19+,20-,27+,28+/m1/s1. The summed E-state index contributed by atoms with van der Waals surface area (Å²) in [5.74, 6) is 10.0. The second kappa shape index (κ2) is 7.07. The fraction of sp³-hybridized carbons (Fsp3) is 0.286. The van der Waals surface area contributed by atoms with Gasteiger partial charge in [0.15, 0.2) is 28.9 Å². The van der Waals surface area contributed by atoms with E-state index >= 15 is 0 Å². The Morgan fingerprint density at radius 3 is 2.57 bits per heavy atom. The zero-order chi connectivity index (χ0) is 24.7. The van der Waals surface area contributed by atoms with Crippen LogP contribution in [0.25, 0.3) is 0 Å². The molecule has 0 saturated carbocycles. The first-order valence-electron chi connectivity index (χ1n) is 11.4. The molecule has 2 aliphatic carbocycles. The van der Waals surface area contributed by atoms with E-state index in [4.69, 9.17) is 4.74 Å². The summed E-state index contributed by atoms with van der Waals surface area (Å²) in [5, 5.41) is 36.3. The fourth-order valence-electron chi connectivity index (χ4n) is 5.85. The number of phenols is 1.